The molecule has 0 aromatic rings. The summed E-state index contributed by atoms with van der Waals surface area (Å²) in [6.07, 6.45) is 2.76. The van der Waals surface area contributed by atoms with Crippen LogP contribution in [0.3, 0.4) is 0 Å². The third-order valence-corrected chi connectivity index (χ3v) is 3.13. The predicted molar refractivity (Wildman–Crippen MR) is 71.6 cm³/mol. The van der Waals surface area contributed by atoms with Crippen molar-refractivity contribution in [1.29, 1.82) is 0 Å². The zero-order chi connectivity index (χ0) is 13.7. The molecule has 0 heterocycles. The zero-order valence-corrected chi connectivity index (χ0v) is 11.8. The Morgan fingerprint density at radius 1 is 1.00 bits per heavy atom. The van der Waals surface area contributed by atoms with Crippen molar-refractivity contribution in [2.75, 3.05) is 53.3 Å². The van der Waals surface area contributed by atoms with E-state index in [-0.39, 0.29) is 12.0 Å². The van der Waals surface area contributed by atoms with E-state index in [0.29, 0.717) is 39.6 Å². The first-order valence-electron chi connectivity index (χ1n) is 6.70. The van der Waals surface area contributed by atoms with E-state index in [0.717, 1.165) is 19.3 Å². The third kappa shape index (κ3) is 8.00. The Hall–Kier alpha value is -0.200. The average molecular weight is 263 g/mol. The first-order valence-corrected chi connectivity index (χ1v) is 6.70. The third-order valence-electron chi connectivity index (χ3n) is 3.13. The number of ether oxygens (including phenoxy) is 3. The van der Waals surface area contributed by atoms with Crippen LogP contribution in [0.2, 0.25) is 0 Å². The van der Waals surface area contributed by atoms with Gasteiger partial charge in [0, 0.05) is 32.3 Å². The fourth-order valence-corrected chi connectivity index (χ4v) is 1.84. The summed E-state index contributed by atoms with van der Waals surface area (Å²) in [4.78, 5) is 0. The van der Waals surface area contributed by atoms with Gasteiger partial charge in [0.15, 0.2) is 0 Å². The van der Waals surface area contributed by atoms with Gasteiger partial charge in [-0.15, -0.1) is 0 Å². The molecule has 5 nitrogen and oxygen atoms in total. The van der Waals surface area contributed by atoms with Gasteiger partial charge in [-0.2, -0.15) is 0 Å². The first-order chi connectivity index (χ1) is 8.74. The van der Waals surface area contributed by atoms with Crippen LogP contribution in [0.15, 0.2) is 0 Å². The summed E-state index contributed by atoms with van der Waals surface area (Å²) < 4.78 is 15.6. The lowest BCUT2D eigenvalue weighted by Crippen LogP contribution is -2.35. The molecule has 3 N–H and O–H groups in total. The molecule has 0 aromatic carbocycles. The molecule has 110 valence electrons. The Balaban J connectivity index is 3.55. The van der Waals surface area contributed by atoms with Crippen molar-refractivity contribution in [1.82, 2.24) is 0 Å². The normalized spacial score (nSPS) is 14.7. The maximum Gasteiger partial charge on any atom is 0.0701 e. The summed E-state index contributed by atoms with van der Waals surface area (Å²) in [7, 11) is 1.65. The van der Waals surface area contributed by atoms with Crippen molar-refractivity contribution in [2.45, 2.75) is 26.2 Å². The highest BCUT2D eigenvalue weighted by Crippen LogP contribution is 2.26. The summed E-state index contributed by atoms with van der Waals surface area (Å²) in [5.41, 5.74) is 5.57. The first kappa shape index (κ1) is 17.8. The minimum absolute atomic E-state index is 0.130. The van der Waals surface area contributed by atoms with Crippen molar-refractivity contribution in [3.8, 4) is 0 Å². The molecule has 18 heavy (non-hydrogen) atoms. The number of methoxy groups -OCH3 is 1. The number of hydrogen-bond donors (Lipinski definition) is 2. The molecule has 0 aliphatic rings. The van der Waals surface area contributed by atoms with Crippen LogP contribution in [0, 0.1) is 5.41 Å². The standard InChI is InChI=1S/C13H29NO4/c1-3-4-13(11-14,12-15)5-6-17-9-10-18-8-7-16-2/h15H,3-12,14H2,1-2H3. The number of nitrogens with two attached hydrogens (primary N) is 1. The summed E-state index contributed by atoms with van der Waals surface area (Å²) in [6, 6.07) is 0. The lowest BCUT2D eigenvalue weighted by molar-refractivity contribution is 0.00914. The largest absolute Gasteiger partial charge is 0.396 e. The Labute approximate surface area is 111 Å². The lowest BCUT2D eigenvalue weighted by atomic mass is 9.81. The highest BCUT2D eigenvalue weighted by Gasteiger charge is 2.26. The summed E-state index contributed by atoms with van der Waals surface area (Å²) in [5, 5.41) is 9.43. The van der Waals surface area contributed by atoms with E-state index in [1.54, 1.807) is 7.11 Å². The van der Waals surface area contributed by atoms with Gasteiger partial charge in [0.25, 0.3) is 0 Å². The summed E-state index contributed by atoms with van der Waals surface area (Å²) in [5.74, 6) is 0. The molecular formula is C13H29NO4. The van der Waals surface area contributed by atoms with E-state index in [1.807, 2.05) is 0 Å². The quantitative estimate of drug-likeness (QED) is 0.481. The van der Waals surface area contributed by atoms with E-state index in [4.69, 9.17) is 19.9 Å². The molecule has 0 fully saturated rings. The van der Waals surface area contributed by atoms with E-state index in [1.165, 1.54) is 0 Å². The van der Waals surface area contributed by atoms with Gasteiger partial charge in [-0.1, -0.05) is 13.3 Å². The molecule has 0 rings (SSSR count). The number of rotatable bonds is 13. The number of aliphatic hydroxyl groups excluding tert-OH is 1. The summed E-state index contributed by atoms with van der Waals surface area (Å²) in [6.45, 7) is 5.70. The molecule has 0 aliphatic carbocycles. The van der Waals surface area contributed by atoms with E-state index in [9.17, 15) is 5.11 Å². The maximum atomic E-state index is 9.43. The molecule has 0 amide bonds. The van der Waals surface area contributed by atoms with Gasteiger partial charge >= 0.3 is 0 Å². The van der Waals surface area contributed by atoms with Gasteiger partial charge in [-0.3, -0.25) is 0 Å². The van der Waals surface area contributed by atoms with Crippen molar-refractivity contribution < 1.29 is 19.3 Å². The van der Waals surface area contributed by atoms with Gasteiger partial charge in [-0.25, -0.2) is 0 Å². The molecule has 0 saturated heterocycles. The second kappa shape index (κ2) is 11.9. The molecule has 1 unspecified atom stereocenters. The van der Waals surface area contributed by atoms with Crippen LogP contribution in [0.25, 0.3) is 0 Å². The van der Waals surface area contributed by atoms with Crippen LogP contribution >= 0.6 is 0 Å². The topological polar surface area (TPSA) is 73.9 Å². The van der Waals surface area contributed by atoms with Crippen LogP contribution in [0.4, 0.5) is 0 Å². The minimum Gasteiger partial charge on any atom is -0.396 e. The molecule has 0 bridgehead atoms. The highest BCUT2D eigenvalue weighted by atomic mass is 16.5. The second-order valence-electron chi connectivity index (χ2n) is 4.58. The van der Waals surface area contributed by atoms with Crippen molar-refractivity contribution in [2.24, 2.45) is 11.1 Å². The van der Waals surface area contributed by atoms with Gasteiger partial charge in [0.05, 0.1) is 26.4 Å². The minimum atomic E-state index is -0.175. The maximum absolute atomic E-state index is 9.43. The molecule has 5 heteroatoms. The summed E-state index contributed by atoms with van der Waals surface area (Å²) >= 11 is 0. The zero-order valence-electron chi connectivity index (χ0n) is 11.8. The van der Waals surface area contributed by atoms with Crippen molar-refractivity contribution in [3.05, 3.63) is 0 Å². The number of hydrogen-bond acceptors (Lipinski definition) is 5. The Bertz CT molecular complexity index is 174. The van der Waals surface area contributed by atoms with Crippen LogP contribution in [-0.2, 0) is 14.2 Å². The molecular weight excluding hydrogens is 234 g/mol. The molecule has 0 radical (unpaired) electrons. The second-order valence-corrected chi connectivity index (χ2v) is 4.58. The molecule has 0 spiro atoms. The SMILES string of the molecule is CCCC(CN)(CO)CCOCCOCCOC. The van der Waals surface area contributed by atoms with Crippen molar-refractivity contribution in [3.63, 3.8) is 0 Å². The van der Waals surface area contributed by atoms with Crippen LogP contribution < -0.4 is 5.73 Å². The fraction of sp³-hybridized carbons (Fsp3) is 1.00. The fourth-order valence-electron chi connectivity index (χ4n) is 1.84. The van der Waals surface area contributed by atoms with E-state index >= 15 is 0 Å². The Morgan fingerprint density at radius 2 is 1.61 bits per heavy atom. The van der Waals surface area contributed by atoms with Crippen LogP contribution in [0.1, 0.15) is 26.2 Å². The monoisotopic (exact) mass is 263 g/mol. The molecule has 1 atom stereocenters. The number of aliphatic hydroxyl groups is 1. The predicted octanol–water partition coefficient (Wildman–Crippen LogP) is 0.794. The van der Waals surface area contributed by atoms with Crippen LogP contribution in [0.5, 0.6) is 0 Å². The highest BCUT2D eigenvalue weighted by molar-refractivity contribution is 4.79. The van der Waals surface area contributed by atoms with E-state index in [2.05, 4.69) is 6.92 Å². The van der Waals surface area contributed by atoms with Gasteiger partial charge in [-0.05, 0) is 12.8 Å². The Kier molecular flexibility index (Phi) is 11.7. The Morgan fingerprint density at radius 3 is 2.11 bits per heavy atom. The lowest BCUT2D eigenvalue weighted by Gasteiger charge is -2.30. The van der Waals surface area contributed by atoms with E-state index < -0.39 is 0 Å². The molecule has 0 aromatic heterocycles. The van der Waals surface area contributed by atoms with Crippen molar-refractivity contribution >= 4 is 0 Å². The smallest absolute Gasteiger partial charge is 0.0701 e. The van der Waals surface area contributed by atoms with Gasteiger partial charge in [0.2, 0.25) is 0 Å². The average Bonchev–Trinajstić information content (AvgIpc) is 2.40. The molecule has 0 saturated carbocycles. The van der Waals surface area contributed by atoms with Gasteiger partial charge in [0.1, 0.15) is 0 Å². The van der Waals surface area contributed by atoms with Crippen LogP contribution in [-0.4, -0.2) is 58.4 Å². The molecule has 0 aliphatic heterocycles. The van der Waals surface area contributed by atoms with Gasteiger partial charge < -0.3 is 25.1 Å².